The van der Waals surface area contributed by atoms with Crippen LogP contribution in [0.15, 0.2) is 35.4 Å². The molecule has 100 valence electrons. The van der Waals surface area contributed by atoms with Crippen molar-refractivity contribution in [3.63, 3.8) is 0 Å². The number of Topliss-reactive ketones (excluding diaryl/α,β-unsaturated/α-hetero) is 1. The van der Waals surface area contributed by atoms with E-state index in [9.17, 15) is 18.0 Å². The predicted molar refractivity (Wildman–Crippen MR) is 64.7 cm³/mol. The topological polar surface area (TPSA) is 17.1 Å². The van der Waals surface area contributed by atoms with Crippen molar-refractivity contribution in [1.29, 1.82) is 0 Å². The molecule has 0 saturated carbocycles. The third kappa shape index (κ3) is 2.20. The molecule has 0 saturated heterocycles. The minimum absolute atomic E-state index is 0.115. The van der Waals surface area contributed by atoms with Crippen molar-refractivity contribution in [3.05, 3.63) is 46.5 Å². The Balaban J connectivity index is 1.88. The average Bonchev–Trinajstić information content (AvgIpc) is 2.85. The molecule has 2 aliphatic carbocycles. The maximum atomic E-state index is 13.0. The second-order valence-corrected chi connectivity index (χ2v) is 5.29. The number of benzene rings is 1. The highest BCUT2D eigenvalue weighted by Crippen LogP contribution is 2.47. The highest BCUT2D eigenvalue weighted by atomic mass is 19.4. The first kappa shape index (κ1) is 12.5. The fourth-order valence-electron chi connectivity index (χ4n) is 3.22. The molecule has 0 fully saturated rings. The second-order valence-electron chi connectivity index (χ2n) is 5.29. The van der Waals surface area contributed by atoms with E-state index in [1.54, 1.807) is 12.1 Å². The summed E-state index contributed by atoms with van der Waals surface area (Å²) in [6.07, 6.45) is -2.21. The lowest BCUT2D eigenvalue weighted by Crippen LogP contribution is -2.11. The van der Waals surface area contributed by atoms with Gasteiger partial charge in [-0.1, -0.05) is 29.3 Å². The molecule has 2 aliphatic rings. The van der Waals surface area contributed by atoms with Gasteiger partial charge in [-0.2, -0.15) is 13.2 Å². The van der Waals surface area contributed by atoms with E-state index in [0.717, 1.165) is 17.2 Å². The Morgan fingerprint density at radius 2 is 1.58 bits per heavy atom. The van der Waals surface area contributed by atoms with E-state index in [1.807, 2.05) is 0 Å². The highest BCUT2D eigenvalue weighted by molar-refractivity contribution is 5.87. The van der Waals surface area contributed by atoms with E-state index in [4.69, 9.17) is 0 Å². The maximum absolute atomic E-state index is 13.0. The SMILES string of the molecule is O=C1CC2=C(C1)CC(c1ccccc1C(F)(F)F)C2. The van der Waals surface area contributed by atoms with E-state index >= 15 is 0 Å². The van der Waals surface area contributed by atoms with Crippen LogP contribution in [0.25, 0.3) is 0 Å². The van der Waals surface area contributed by atoms with Gasteiger partial charge in [0.05, 0.1) is 5.56 Å². The van der Waals surface area contributed by atoms with E-state index in [0.29, 0.717) is 31.2 Å². The van der Waals surface area contributed by atoms with Crippen LogP contribution in [0.1, 0.15) is 42.7 Å². The zero-order chi connectivity index (χ0) is 13.6. The van der Waals surface area contributed by atoms with Crippen LogP contribution in [0, 0.1) is 0 Å². The zero-order valence-electron chi connectivity index (χ0n) is 10.3. The quantitative estimate of drug-likeness (QED) is 0.695. The molecule has 0 unspecified atom stereocenters. The Morgan fingerprint density at radius 1 is 1.00 bits per heavy atom. The summed E-state index contributed by atoms with van der Waals surface area (Å²) in [5, 5.41) is 0. The van der Waals surface area contributed by atoms with Gasteiger partial charge in [0.15, 0.2) is 0 Å². The molecule has 0 heterocycles. The summed E-state index contributed by atoms with van der Waals surface area (Å²) < 4.78 is 39.0. The molecule has 0 aromatic heterocycles. The molecule has 3 rings (SSSR count). The first-order valence-electron chi connectivity index (χ1n) is 6.32. The molecule has 0 radical (unpaired) electrons. The van der Waals surface area contributed by atoms with Gasteiger partial charge in [-0.3, -0.25) is 4.79 Å². The number of hydrogen-bond acceptors (Lipinski definition) is 1. The maximum Gasteiger partial charge on any atom is 0.416 e. The molecule has 4 heteroatoms. The average molecular weight is 266 g/mol. The minimum atomic E-state index is -4.31. The van der Waals surface area contributed by atoms with Crippen LogP contribution in [0.5, 0.6) is 0 Å². The molecule has 19 heavy (non-hydrogen) atoms. The Bertz CT molecular complexity index is 549. The number of rotatable bonds is 1. The normalized spacial score (nSPS) is 20.3. The van der Waals surface area contributed by atoms with E-state index in [2.05, 4.69) is 0 Å². The Hall–Kier alpha value is -1.58. The fraction of sp³-hybridized carbons (Fsp3) is 0.400. The number of ketones is 1. The first-order chi connectivity index (χ1) is 8.95. The lowest BCUT2D eigenvalue weighted by molar-refractivity contribution is -0.138. The smallest absolute Gasteiger partial charge is 0.299 e. The van der Waals surface area contributed by atoms with Gasteiger partial charge >= 0.3 is 6.18 Å². The summed E-state index contributed by atoms with van der Waals surface area (Å²) in [5.41, 5.74) is 1.99. The summed E-state index contributed by atoms with van der Waals surface area (Å²) >= 11 is 0. The van der Waals surface area contributed by atoms with Crippen LogP contribution in [0.4, 0.5) is 13.2 Å². The summed E-state index contributed by atoms with van der Waals surface area (Å²) in [7, 11) is 0. The molecular formula is C15H13F3O. The van der Waals surface area contributed by atoms with Crippen LogP contribution >= 0.6 is 0 Å². The second kappa shape index (κ2) is 4.22. The number of halogens is 3. The third-order valence-corrected chi connectivity index (χ3v) is 4.01. The Kier molecular flexibility index (Phi) is 2.77. The summed E-state index contributed by atoms with van der Waals surface area (Å²) in [5.74, 6) is 0.0866. The predicted octanol–water partition coefficient (Wildman–Crippen LogP) is 4.24. The number of carbonyl (C=O) groups is 1. The van der Waals surface area contributed by atoms with Gasteiger partial charge in [-0.15, -0.1) is 0 Å². The van der Waals surface area contributed by atoms with Gasteiger partial charge in [-0.25, -0.2) is 0 Å². The van der Waals surface area contributed by atoms with Gasteiger partial charge in [0.1, 0.15) is 5.78 Å². The van der Waals surface area contributed by atoms with Crippen LogP contribution in [-0.4, -0.2) is 5.78 Å². The van der Waals surface area contributed by atoms with E-state index in [1.165, 1.54) is 6.07 Å². The van der Waals surface area contributed by atoms with Crippen molar-refractivity contribution >= 4 is 5.78 Å². The largest absolute Gasteiger partial charge is 0.416 e. The highest BCUT2D eigenvalue weighted by Gasteiger charge is 2.38. The van der Waals surface area contributed by atoms with Crippen LogP contribution < -0.4 is 0 Å². The number of allylic oxidation sites excluding steroid dienone is 2. The molecule has 1 aromatic carbocycles. The summed E-state index contributed by atoms with van der Waals surface area (Å²) in [6.45, 7) is 0. The molecule has 0 aliphatic heterocycles. The van der Waals surface area contributed by atoms with Crippen LogP contribution in [0.2, 0.25) is 0 Å². The molecule has 0 atom stereocenters. The molecule has 0 spiro atoms. The van der Waals surface area contributed by atoms with Gasteiger partial charge < -0.3 is 0 Å². The lowest BCUT2D eigenvalue weighted by Gasteiger charge is -2.18. The summed E-state index contributed by atoms with van der Waals surface area (Å²) in [6, 6.07) is 5.78. The molecule has 1 nitrogen and oxygen atoms in total. The number of alkyl halides is 3. The fourth-order valence-corrected chi connectivity index (χ4v) is 3.22. The molecule has 1 aromatic rings. The van der Waals surface area contributed by atoms with Gasteiger partial charge in [0.2, 0.25) is 0 Å². The van der Waals surface area contributed by atoms with E-state index < -0.39 is 11.7 Å². The van der Waals surface area contributed by atoms with Gasteiger partial charge in [-0.05, 0) is 30.4 Å². The van der Waals surface area contributed by atoms with Crippen LogP contribution in [-0.2, 0) is 11.0 Å². The zero-order valence-corrected chi connectivity index (χ0v) is 10.3. The third-order valence-electron chi connectivity index (χ3n) is 4.01. The molecule has 0 N–H and O–H groups in total. The van der Waals surface area contributed by atoms with E-state index in [-0.39, 0.29) is 11.7 Å². The number of hydrogen-bond donors (Lipinski definition) is 0. The molecule has 0 bridgehead atoms. The van der Waals surface area contributed by atoms with Crippen LogP contribution in [0.3, 0.4) is 0 Å². The van der Waals surface area contributed by atoms with Crippen molar-refractivity contribution in [2.75, 3.05) is 0 Å². The standard InChI is InChI=1S/C15H13F3O/c16-15(17,18)14-4-2-1-3-13(14)11-5-9-7-12(19)8-10(9)6-11/h1-4,11H,5-8H2. The van der Waals surface area contributed by atoms with Crippen molar-refractivity contribution in [2.45, 2.75) is 37.8 Å². The van der Waals surface area contributed by atoms with Gasteiger partial charge in [0.25, 0.3) is 0 Å². The lowest BCUT2D eigenvalue weighted by atomic mass is 9.89. The Labute approximate surface area is 109 Å². The first-order valence-corrected chi connectivity index (χ1v) is 6.32. The molecular weight excluding hydrogens is 253 g/mol. The van der Waals surface area contributed by atoms with Crippen molar-refractivity contribution in [1.82, 2.24) is 0 Å². The van der Waals surface area contributed by atoms with Crippen molar-refractivity contribution < 1.29 is 18.0 Å². The minimum Gasteiger partial charge on any atom is -0.299 e. The monoisotopic (exact) mass is 266 g/mol. The van der Waals surface area contributed by atoms with Crippen molar-refractivity contribution in [3.8, 4) is 0 Å². The van der Waals surface area contributed by atoms with Crippen molar-refractivity contribution in [2.24, 2.45) is 0 Å². The molecule has 0 amide bonds. The van der Waals surface area contributed by atoms with Gasteiger partial charge in [0, 0.05) is 12.8 Å². The number of carbonyl (C=O) groups excluding carboxylic acids is 1. The summed E-state index contributed by atoms with van der Waals surface area (Å²) in [4.78, 5) is 11.3. The Morgan fingerprint density at radius 3 is 2.16 bits per heavy atom.